The monoisotopic (exact) mass is 258 g/mol. The van der Waals surface area contributed by atoms with E-state index in [4.69, 9.17) is 0 Å². The van der Waals surface area contributed by atoms with Crippen LogP contribution in [0.2, 0.25) is 0 Å². The van der Waals surface area contributed by atoms with Gasteiger partial charge in [-0.1, -0.05) is 50.5 Å². The van der Waals surface area contributed by atoms with Gasteiger partial charge >= 0.3 is 0 Å². The summed E-state index contributed by atoms with van der Waals surface area (Å²) in [7, 11) is 0. The normalized spacial score (nSPS) is 20.1. The fourth-order valence-electron chi connectivity index (χ4n) is 2.87. The van der Waals surface area contributed by atoms with Gasteiger partial charge in [0, 0.05) is 12.0 Å². The van der Waals surface area contributed by atoms with E-state index in [1.807, 2.05) is 24.3 Å². The summed E-state index contributed by atoms with van der Waals surface area (Å²) in [5.41, 5.74) is 1.86. The minimum absolute atomic E-state index is 0.0518. The standard InChI is InChI=1S/C17H22O2/c1-2-8-13-9-6-7-10-14(13)17(19)15-11-4-3-5-12-16(15)18/h6-7,9-10,15H,2-5,8,11-12H2,1H3. The summed E-state index contributed by atoms with van der Waals surface area (Å²) in [4.78, 5) is 24.7. The van der Waals surface area contributed by atoms with Crippen LogP contribution in [0.4, 0.5) is 0 Å². The van der Waals surface area contributed by atoms with Crippen molar-refractivity contribution >= 4 is 11.6 Å². The largest absolute Gasteiger partial charge is 0.299 e. The first kappa shape index (κ1) is 14.0. The van der Waals surface area contributed by atoms with Crippen LogP contribution >= 0.6 is 0 Å². The maximum atomic E-state index is 12.6. The summed E-state index contributed by atoms with van der Waals surface area (Å²) in [6.45, 7) is 2.11. The van der Waals surface area contributed by atoms with Crippen LogP contribution in [0.25, 0.3) is 0 Å². The van der Waals surface area contributed by atoms with E-state index in [0.29, 0.717) is 6.42 Å². The summed E-state index contributed by atoms with van der Waals surface area (Å²) in [6, 6.07) is 7.76. The summed E-state index contributed by atoms with van der Waals surface area (Å²) in [6.07, 6.45) is 6.25. The van der Waals surface area contributed by atoms with Crippen molar-refractivity contribution in [3.63, 3.8) is 0 Å². The fraction of sp³-hybridized carbons (Fsp3) is 0.529. The van der Waals surface area contributed by atoms with Crippen LogP contribution in [0.15, 0.2) is 24.3 Å². The molecule has 0 spiro atoms. The molecule has 1 aliphatic carbocycles. The molecule has 1 unspecified atom stereocenters. The molecule has 0 aliphatic heterocycles. The summed E-state index contributed by atoms with van der Waals surface area (Å²) in [5.74, 6) is -0.190. The number of carbonyl (C=O) groups is 2. The summed E-state index contributed by atoms with van der Waals surface area (Å²) >= 11 is 0. The van der Waals surface area contributed by atoms with E-state index in [2.05, 4.69) is 6.92 Å². The average Bonchev–Trinajstić information content (AvgIpc) is 2.64. The molecule has 0 saturated heterocycles. The number of hydrogen-bond acceptors (Lipinski definition) is 2. The molecule has 1 atom stereocenters. The van der Waals surface area contributed by atoms with Gasteiger partial charge in [-0.2, -0.15) is 0 Å². The highest BCUT2D eigenvalue weighted by Crippen LogP contribution is 2.25. The van der Waals surface area contributed by atoms with Crippen molar-refractivity contribution in [1.29, 1.82) is 0 Å². The number of aryl methyl sites for hydroxylation is 1. The molecule has 2 heteroatoms. The van der Waals surface area contributed by atoms with Crippen LogP contribution in [-0.4, -0.2) is 11.6 Å². The van der Waals surface area contributed by atoms with Crippen LogP contribution in [0, 0.1) is 5.92 Å². The molecule has 1 fully saturated rings. The van der Waals surface area contributed by atoms with Crippen LogP contribution < -0.4 is 0 Å². The van der Waals surface area contributed by atoms with E-state index in [-0.39, 0.29) is 17.5 Å². The van der Waals surface area contributed by atoms with Crippen LogP contribution in [0.5, 0.6) is 0 Å². The lowest BCUT2D eigenvalue weighted by atomic mass is 9.87. The first-order valence-electron chi connectivity index (χ1n) is 7.39. The van der Waals surface area contributed by atoms with Crippen LogP contribution in [0.3, 0.4) is 0 Å². The third-order valence-electron chi connectivity index (χ3n) is 3.92. The van der Waals surface area contributed by atoms with Gasteiger partial charge in [-0.3, -0.25) is 9.59 Å². The Bertz CT molecular complexity index is 462. The number of Topliss-reactive ketones (excluding diaryl/α,β-unsaturated/α-hetero) is 2. The fourth-order valence-corrected chi connectivity index (χ4v) is 2.87. The van der Waals surface area contributed by atoms with E-state index in [1.54, 1.807) is 0 Å². The number of benzene rings is 1. The molecule has 0 amide bonds. The molecule has 0 aromatic heterocycles. The van der Waals surface area contributed by atoms with E-state index >= 15 is 0 Å². The smallest absolute Gasteiger partial charge is 0.173 e. The third kappa shape index (κ3) is 3.31. The molecule has 2 nitrogen and oxygen atoms in total. The summed E-state index contributed by atoms with van der Waals surface area (Å²) < 4.78 is 0. The lowest BCUT2D eigenvalue weighted by Crippen LogP contribution is -2.24. The first-order valence-corrected chi connectivity index (χ1v) is 7.39. The second kappa shape index (κ2) is 6.65. The number of ketones is 2. The highest BCUT2D eigenvalue weighted by atomic mass is 16.1. The quantitative estimate of drug-likeness (QED) is 0.465. The Hall–Kier alpha value is -1.44. The minimum Gasteiger partial charge on any atom is -0.299 e. The van der Waals surface area contributed by atoms with E-state index in [1.165, 1.54) is 0 Å². The molecule has 1 aliphatic rings. The van der Waals surface area contributed by atoms with Gasteiger partial charge in [0.25, 0.3) is 0 Å². The van der Waals surface area contributed by atoms with Gasteiger partial charge in [-0.25, -0.2) is 0 Å². The van der Waals surface area contributed by atoms with Gasteiger partial charge in [0.1, 0.15) is 5.78 Å². The van der Waals surface area contributed by atoms with E-state index in [0.717, 1.165) is 49.7 Å². The highest BCUT2D eigenvalue weighted by molar-refractivity contribution is 6.11. The first-order chi connectivity index (χ1) is 9.24. The Labute approximate surface area is 115 Å². The molecule has 1 aromatic carbocycles. The molecule has 2 rings (SSSR count). The molecule has 0 heterocycles. The SMILES string of the molecule is CCCc1ccccc1C(=O)C1CCCCCC1=O. The average molecular weight is 258 g/mol. The molecule has 0 radical (unpaired) electrons. The zero-order valence-electron chi connectivity index (χ0n) is 11.7. The van der Waals surface area contributed by atoms with Gasteiger partial charge in [-0.05, 0) is 24.8 Å². The molecule has 0 N–H and O–H groups in total. The minimum atomic E-state index is -0.388. The lowest BCUT2D eigenvalue weighted by Gasteiger charge is -2.14. The van der Waals surface area contributed by atoms with Gasteiger partial charge in [0.2, 0.25) is 0 Å². The highest BCUT2D eigenvalue weighted by Gasteiger charge is 2.29. The second-order valence-electron chi connectivity index (χ2n) is 5.39. The maximum Gasteiger partial charge on any atom is 0.173 e. The molecular weight excluding hydrogens is 236 g/mol. The van der Waals surface area contributed by atoms with Gasteiger partial charge in [-0.15, -0.1) is 0 Å². The third-order valence-corrected chi connectivity index (χ3v) is 3.92. The van der Waals surface area contributed by atoms with Crippen LogP contribution in [-0.2, 0) is 11.2 Å². The molecule has 1 aromatic rings. The van der Waals surface area contributed by atoms with E-state index < -0.39 is 0 Å². The molecule has 19 heavy (non-hydrogen) atoms. The van der Waals surface area contributed by atoms with Crippen LogP contribution in [0.1, 0.15) is 61.4 Å². The second-order valence-corrected chi connectivity index (χ2v) is 5.39. The van der Waals surface area contributed by atoms with Gasteiger partial charge in [0.15, 0.2) is 5.78 Å². The maximum absolute atomic E-state index is 12.6. The molecular formula is C17H22O2. The van der Waals surface area contributed by atoms with Crippen molar-refractivity contribution in [3.05, 3.63) is 35.4 Å². The number of carbonyl (C=O) groups excluding carboxylic acids is 2. The molecule has 102 valence electrons. The van der Waals surface area contributed by atoms with Crippen molar-refractivity contribution in [3.8, 4) is 0 Å². The van der Waals surface area contributed by atoms with E-state index in [9.17, 15) is 9.59 Å². The Morgan fingerprint density at radius 1 is 1.21 bits per heavy atom. The Balaban J connectivity index is 2.25. The zero-order valence-corrected chi connectivity index (χ0v) is 11.7. The van der Waals surface area contributed by atoms with Gasteiger partial charge in [0.05, 0.1) is 5.92 Å². The predicted octanol–water partition coefficient (Wildman–Crippen LogP) is 3.97. The summed E-state index contributed by atoms with van der Waals surface area (Å²) in [5, 5.41) is 0. The lowest BCUT2D eigenvalue weighted by molar-refractivity contribution is -0.121. The van der Waals surface area contributed by atoms with Crippen molar-refractivity contribution in [2.24, 2.45) is 5.92 Å². The van der Waals surface area contributed by atoms with Crippen molar-refractivity contribution < 1.29 is 9.59 Å². The molecule has 1 saturated carbocycles. The zero-order chi connectivity index (χ0) is 13.7. The Morgan fingerprint density at radius 3 is 2.79 bits per heavy atom. The number of hydrogen-bond donors (Lipinski definition) is 0. The number of rotatable bonds is 4. The van der Waals surface area contributed by atoms with Crippen molar-refractivity contribution in [1.82, 2.24) is 0 Å². The van der Waals surface area contributed by atoms with Crippen molar-refractivity contribution in [2.45, 2.75) is 51.9 Å². The topological polar surface area (TPSA) is 34.1 Å². The Morgan fingerprint density at radius 2 is 2.00 bits per heavy atom. The van der Waals surface area contributed by atoms with Crippen molar-refractivity contribution in [2.75, 3.05) is 0 Å². The Kier molecular flexibility index (Phi) is 4.89. The predicted molar refractivity (Wildman–Crippen MR) is 76.3 cm³/mol. The molecule has 0 bridgehead atoms. The van der Waals surface area contributed by atoms with Gasteiger partial charge < -0.3 is 0 Å².